The number of amides is 5. The number of likely N-dealkylation sites (tertiary alicyclic amines) is 1. The number of hydrogen-bond acceptors (Lipinski definition) is 6. The van der Waals surface area contributed by atoms with E-state index in [1.807, 2.05) is 39.5 Å². The van der Waals surface area contributed by atoms with Crippen molar-refractivity contribution in [1.29, 1.82) is 0 Å². The molecule has 0 aromatic rings. The molecule has 0 radical (unpaired) electrons. The molecule has 3 heterocycles. The number of nitrogens with one attached hydrogen (secondary N) is 4. The number of carbonyl (C=O) groups excluding carboxylic acids is 4. The topological polar surface area (TPSA) is 177 Å². The summed E-state index contributed by atoms with van der Waals surface area (Å²) in [6.07, 6.45) is 3.76. The molecule has 6 N–H and O–H groups in total. The first-order chi connectivity index (χ1) is 18.3. The minimum absolute atomic E-state index is 0.0424. The van der Waals surface area contributed by atoms with Gasteiger partial charge >= 0.3 is 13.6 Å². The summed E-state index contributed by atoms with van der Waals surface area (Å²) in [5.41, 5.74) is 0. The summed E-state index contributed by atoms with van der Waals surface area (Å²) in [6, 6.07) is -1.45. The fourth-order valence-electron chi connectivity index (χ4n) is 5.50. The number of rotatable bonds is 13. The van der Waals surface area contributed by atoms with Crippen LogP contribution in [0.25, 0.3) is 0 Å². The third-order valence-corrected chi connectivity index (χ3v) is 10.2. The van der Waals surface area contributed by atoms with Gasteiger partial charge in [-0.25, -0.2) is 4.79 Å². The van der Waals surface area contributed by atoms with Crippen molar-refractivity contribution in [2.75, 3.05) is 12.3 Å². The fourth-order valence-corrected chi connectivity index (χ4v) is 8.04. The fraction of sp³-hybridized carbons (Fsp3) is 0.840. The van der Waals surface area contributed by atoms with Gasteiger partial charge in [0.05, 0.1) is 12.1 Å². The molecule has 0 saturated carbocycles. The van der Waals surface area contributed by atoms with Crippen molar-refractivity contribution in [3.05, 3.63) is 0 Å². The predicted octanol–water partition coefficient (Wildman–Crippen LogP) is 1.51. The molecule has 6 atom stereocenters. The van der Waals surface area contributed by atoms with Gasteiger partial charge in [0.15, 0.2) is 0 Å². The zero-order chi connectivity index (χ0) is 28.9. The molecule has 6 unspecified atom stereocenters. The lowest BCUT2D eigenvalue weighted by Gasteiger charge is -2.31. The first-order valence-corrected chi connectivity index (χ1v) is 16.6. The van der Waals surface area contributed by atoms with Crippen LogP contribution in [0.3, 0.4) is 0 Å². The van der Waals surface area contributed by atoms with Gasteiger partial charge in [-0.05, 0) is 43.9 Å². The summed E-state index contributed by atoms with van der Waals surface area (Å²) < 4.78 is 11.9. The Labute approximate surface area is 234 Å². The standard InChI is InChI=1S/C25H44N5O7PS/c1-14(2)12-20(38(35,36)37)28-23(32)17-8-7-11-30(17)24(33)21(15(3)4)27-19(31)10-6-5-9-18-22-16(13-39-18)26-25(34)29-22/h14-18,20-22H,5-13H2,1-4H3,(H,27,31)(H,28,32)(H2,26,29,34)(H2,35,36,37). The number of thioether (sulfide) groups is 1. The lowest BCUT2D eigenvalue weighted by molar-refractivity contribution is -0.142. The van der Waals surface area contributed by atoms with E-state index in [1.54, 1.807) is 0 Å². The van der Waals surface area contributed by atoms with Crippen molar-refractivity contribution in [1.82, 2.24) is 26.2 Å². The van der Waals surface area contributed by atoms with Crippen molar-refractivity contribution in [2.45, 2.75) is 108 Å². The minimum atomic E-state index is -4.57. The van der Waals surface area contributed by atoms with E-state index in [0.29, 0.717) is 31.1 Å². The van der Waals surface area contributed by atoms with Crippen LogP contribution < -0.4 is 21.3 Å². The zero-order valence-electron chi connectivity index (χ0n) is 23.2. The van der Waals surface area contributed by atoms with Crippen LogP contribution in [0.4, 0.5) is 4.79 Å². The van der Waals surface area contributed by atoms with E-state index in [2.05, 4.69) is 21.3 Å². The summed E-state index contributed by atoms with van der Waals surface area (Å²) in [6.45, 7) is 7.63. The number of fused-ring (bicyclic) bond motifs is 1. The summed E-state index contributed by atoms with van der Waals surface area (Å²) >= 11 is 1.83. The Kier molecular flexibility index (Phi) is 11.1. The van der Waals surface area contributed by atoms with Gasteiger partial charge in [0.1, 0.15) is 17.9 Å². The molecule has 3 aliphatic heterocycles. The lowest BCUT2D eigenvalue weighted by atomic mass is 10.0. The largest absolute Gasteiger partial charge is 0.347 e. The van der Waals surface area contributed by atoms with Crippen LogP contribution in [-0.4, -0.2) is 85.9 Å². The maximum atomic E-state index is 13.5. The van der Waals surface area contributed by atoms with Crippen molar-refractivity contribution >= 4 is 43.1 Å². The maximum Gasteiger partial charge on any atom is 0.347 e. The average Bonchev–Trinajstić information content (AvgIpc) is 3.55. The number of nitrogens with zero attached hydrogens (tertiary/aromatic N) is 1. The van der Waals surface area contributed by atoms with Crippen molar-refractivity contribution < 1.29 is 33.5 Å². The molecule has 12 nitrogen and oxygen atoms in total. The van der Waals surface area contributed by atoms with Crippen LogP contribution in [0.1, 0.15) is 72.6 Å². The highest BCUT2D eigenvalue weighted by Crippen LogP contribution is 2.42. The SMILES string of the molecule is CC(C)CC(NC(=O)C1CCCN1C(=O)C(NC(=O)CCCCC1SCC2NC(=O)NC21)C(C)C)P(=O)(O)O. The Morgan fingerprint density at radius 1 is 1.13 bits per heavy atom. The molecule has 39 heavy (non-hydrogen) atoms. The van der Waals surface area contributed by atoms with Crippen molar-refractivity contribution in [3.8, 4) is 0 Å². The molecule has 14 heteroatoms. The molecule has 0 spiro atoms. The van der Waals surface area contributed by atoms with Gasteiger partial charge in [-0.1, -0.05) is 34.1 Å². The maximum absolute atomic E-state index is 13.5. The third kappa shape index (κ3) is 8.58. The molecule has 0 aromatic heterocycles. The second kappa shape index (κ2) is 13.7. The van der Waals surface area contributed by atoms with Gasteiger partial charge in [-0.3, -0.25) is 18.9 Å². The highest BCUT2D eigenvalue weighted by Gasteiger charge is 2.43. The van der Waals surface area contributed by atoms with Crippen molar-refractivity contribution in [3.63, 3.8) is 0 Å². The van der Waals surface area contributed by atoms with E-state index < -0.39 is 31.4 Å². The van der Waals surface area contributed by atoms with E-state index in [0.717, 1.165) is 18.6 Å². The van der Waals surface area contributed by atoms with Crippen LogP contribution in [0.2, 0.25) is 0 Å². The van der Waals surface area contributed by atoms with Gasteiger partial charge in [0.2, 0.25) is 17.7 Å². The minimum Gasteiger partial charge on any atom is -0.344 e. The van der Waals surface area contributed by atoms with E-state index in [1.165, 1.54) is 4.90 Å². The van der Waals surface area contributed by atoms with Crippen LogP contribution in [-0.2, 0) is 18.9 Å². The highest BCUT2D eigenvalue weighted by molar-refractivity contribution is 8.00. The smallest absolute Gasteiger partial charge is 0.344 e. The quantitative estimate of drug-likeness (QED) is 0.106. The van der Waals surface area contributed by atoms with Gasteiger partial charge in [-0.15, -0.1) is 0 Å². The molecule has 5 amide bonds. The van der Waals surface area contributed by atoms with E-state index >= 15 is 0 Å². The van der Waals surface area contributed by atoms with Crippen LogP contribution in [0.15, 0.2) is 0 Å². The Hall–Kier alpha value is -1.82. The number of urea groups is 1. The Morgan fingerprint density at radius 2 is 1.85 bits per heavy atom. The summed E-state index contributed by atoms with van der Waals surface area (Å²) in [7, 11) is -4.57. The summed E-state index contributed by atoms with van der Waals surface area (Å²) in [5.74, 6) is -1.83. The van der Waals surface area contributed by atoms with Crippen LogP contribution >= 0.6 is 19.4 Å². The molecule has 3 aliphatic rings. The highest BCUT2D eigenvalue weighted by atomic mass is 32.2. The first-order valence-electron chi connectivity index (χ1n) is 13.9. The first kappa shape index (κ1) is 31.7. The molecule has 3 saturated heterocycles. The Balaban J connectivity index is 1.51. The van der Waals surface area contributed by atoms with E-state index in [-0.39, 0.29) is 54.6 Å². The van der Waals surface area contributed by atoms with Crippen LogP contribution in [0.5, 0.6) is 0 Å². The lowest BCUT2D eigenvalue weighted by Crippen LogP contribution is -2.56. The summed E-state index contributed by atoms with van der Waals surface area (Å²) in [4.78, 5) is 71.6. The number of carbonyl (C=O) groups is 4. The van der Waals surface area contributed by atoms with Gasteiger partial charge in [-0.2, -0.15) is 11.8 Å². The second-order valence-corrected chi connectivity index (χ2v) is 14.7. The monoisotopic (exact) mass is 589 g/mol. The van der Waals surface area contributed by atoms with Crippen molar-refractivity contribution in [2.24, 2.45) is 11.8 Å². The van der Waals surface area contributed by atoms with Gasteiger partial charge < -0.3 is 36.0 Å². The molecule has 222 valence electrons. The summed E-state index contributed by atoms with van der Waals surface area (Å²) in [5, 5.41) is 11.6. The normalized spacial score (nSPS) is 26.3. The second-order valence-electron chi connectivity index (χ2n) is 11.6. The Morgan fingerprint density at radius 3 is 2.49 bits per heavy atom. The average molecular weight is 590 g/mol. The van der Waals surface area contributed by atoms with E-state index in [4.69, 9.17) is 0 Å². The molecular weight excluding hydrogens is 545 g/mol. The molecule has 0 aliphatic carbocycles. The molecule has 0 bridgehead atoms. The zero-order valence-corrected chi connectivity index (χ0v) is 24.9. The molecule has 0 aromatic carbocycles. The number of hydrogen-bond donors (Lipinski definition) is 6. The predicted molar refractivity (Wildman–Crippen MR) is 149 cm³/mol. The Bertz CT molecular complexity index is 961. The third-order valence-electron chi connectivity index (χ3n) is 7.58. The van der Waals surface area contributed by atoms with Gasteiger partial charge in [0, 0.05) is 24.0 Å². The number of unbranched alkanes of at least 4 members (excludes halogenated alkanes) is 1. The molecule has 3 rings (SSSR count). The molecule has 3 fully saturated rings. The molecular formula is C25H44N5O7PS. The van der Waals surface area contributed by atoms with E-state index in [9.17, 15) is 33.5 Å². The van der Waals surface area contributed by atoms with Gasteiger partial charge in [0.25, 0.3) is 0 Å². The van der Waals surface area contributed by atoms with Crippen LogP contribution in [0, 0.1) is 11.8 Å².